The molecule has 1 aromatic heterocycles. The van der Waals surface area contributed by atoms with E-state index in [2.05, 4.69) is 31.8 Å². The van der Waals surface area contributed by atoms with Crippen molar-refractivity contribution in [2.45, 2.75) is 78.4 Å². The van der Waals surface area contributed by atoms with Crippen LogP contribution in [0.1, 0.15) is 75.6 Å². The van der Waals surface area contributed by atoms with E-state index in [0.717, 1.165) is 31.4 Å². The summed E-state index contributed by atoms with van der Waals surface area (Å²) in [6.45, 7) is 12.3. The molecule has 4 nitrogen and oxygen atoms in total. The minimum absolute atomic E-state index is 0.132. The zero-order chi connectivity index (χ0) is 18.9. The largest absolute Gasteiger partial charge is 0.458 e. The van der Waals surface area contributed by atoms with Crippen LogP contribution in [0.5, 0.6) is 0 Å². The highest BCUT2D eigenvalue weighted by atomic mass is 32.1. The molecule has 0 spiro atoms. The first-order chi connectivity index (χ1) is 12.1. The van der Waals surface area contributed by atoms with Gasteiger partial charge in [-0.1, -0.05) is 13.8 Å². The minimum atomic E-state index is -0.617. The van der Waals surface area contributed by atoms with E-state index in [0.29, 0.717) is 5.92 Å². The summed E-state index contributed by atoms with van der Waals surface area (Å²) in [7, 11) is 0. The average Bonchev–Trinajstić information content (AvgIpc) is 3.40. The maximum absolute atomic E-state index is 13.1. The van der Waals surface area contributed by atoms with Crippen LogP contribution >= 0.6 is 11.3 Å². The molecule has 2 heterocycles. The number of carbonyl (C=O) groups is 1. The summed E-state index contributed by atoms with van der Waals surface area (Å²) in [5, 5.41) is 7.11. The van der Waals surface area contributed by atoms with Crippen LogP contribution in [-0.4, -0.2) is 27.8 Å². The highest BCUT2D eigenvalue weighted by Crippen LogP contribution is 2.54. The van der Waals surface area contributed by atoms with Gasteiger partial charge in [-0.25, -0.2) is 9.80 Å². The number of carbonyl (C=O) groups excluding carboxylic acids is 1. The molecule has 0 bridgehead atoms. The Kier molecular flexibility index (Phi) is 3.89. The Hall–Kier alpha value is -1.62. The molecule has 2 aliphatic carbocycles. The Morgan fingerprint density at radius 2 is 1.96 bits per heavy atom. The lowest BCUT2D eigenvalue weighted by Gasteiger charge is -2.36. The fourth-order valence-corrected chi connectivity index (χ4v) is 4.63. The molecule has 1 aromatic rings. The summed E-state index contributed by atoms with van der Waals surface area (Å²) in [5.74, 6) is 0.178. The van der Waals surface area contributed by atoms with Crippen molar-refractivity contribution < 1.29 is 9.53 Å². The number of esters is 1. The lowest BCUT2D eigenvalue weighted by molar-refractivity contribution is -0.162. The van der Waals surface area contributed by atoms with Crippen LogP contribution in [0.2, 0.25) is 0 Å². The van der Waals surface area contributed by atoms with E-state index in [1.807, 2.05) is 32.1 Å². The maximum Gasteiger partial charge on any atom is 0.334 e. The molecule has 26 heavy (non-hydrogen) atoms. The number of ether oxygens (including phenoxy) is 1. The number of hydrazone groups is 1. The molecule has 0 unspecified atom stereocenters. The van der Waals surface area contributed by atoms with Crippen LogP contribution in [0.25, 0.3) is 5.70 Å². The minimum Gasteiger partial charge on any atom is -0.458 e. The van der Waals surface area contributed by atoms with E-state index in [4.69, 9.17) is 9.84 Å². The molecule has 2 fully saturated rings. The van der Waals surface area contributed by atoms with E-state index in [-0.39, 0.29) is 5.97 Å². The van der Waals surface area contributed by atoms with Crippen LogP contribution in [-0.2, 0) is 9.53 Å². The Labute approximate surface area is 159 Å². The lowest BCUT2D eigenvalue weighted by Crippen LogP contribution is -2.45. The number of nitrogens with zero attached hydrogens (tertiary/aromatic N) is 2. The third kappa shape index (κ3) is 2.90. The molecule has 0 saturated heterocycles. The average molecular weight is 373 g/mol. The number of aryl methyl sites for hydroxylation is 1. The van der Waals surface area contributed by atoms with Gasteiger partial charge < -0.3 is 4.74 Å². The Morgan fingerprint density at radius 3 is 2.46 bits per heavy atom. The van der Waals surface area contributed by atoms with Gasteiger partial charge in [0.05, 0.1) is 16.3 Å². The monoisotopic (exact) mass is 372 g/mol. The summed E-state index contributed by atoms with van der Waals surface area (Å²) >= 11 is 1.83. The molecule has 4 rings (SSSR count). The van der Waals surface area contributed by atoms with Crippen LogP contribution in [0.3, 0.4) is 0 Å². The molecule has 0 N–H and O–H groups in total. The molecular weight excluding hydrogens is 344 g/mol. The third-order valence-electron chi connectivity index (χ3n) is 5.06. The molecule has 3 aliphatic rings. The zero-order valence-corrected chi connectivity index (χ0v) is 17.4. The fraction of sp³-hybridized carbons (Fsp3) is 0.619. The fourth-order valence-electron chi connectivity index (χ4n) is 3.53. The van der Waals surface area contributed by atoms with Crippen LogP contribution in [0, 0.1) is 12.8 Å². The highest BCUT2D eigenvalue weighted by molar-refractivity contribution is 7.13. The van der Waals surface area contributed by atoms with Crippen molar-refractivity contribution in [1.29, 1.82) is 0 Å². The van der Waals surface area contributed by atoms with E-state index in [1.165, 1.54) is 26.6 Å². The van der Waals surface area contributed by atoms with Crippen molar-refractivity contribution in [3.8, 4) is 0 Å². The van der Waals surface area contributed by atoms with Gasteiger partial charge in [-0.2, -0.15) is 5.10 Å². The first kappa shape index (κ1) is 17.8. The number of allylic oxidation sites excluding steroid dienone is 1. The summed E-state index contributed by atoms with van der Waals surface area (Å²) in [6.07, 6.45) is 3.85. The van der Waals surface area contributed by atoms with Gasteiger partial charge in [0.2, 0.25) is 0 Å². The second-order valence-electron chi connectivity index (χ2n) is 9.04. The SMILES string of the molecule is Cc1cc2c(s1)C(=C1CC1)N(C1(C(=O)OC(C)(C)C)CC1)N=C2C(C)C. The van der Waals surface area contributed by atoms with Crippen molar-refractivity contribution in [3.63, 3.8) is 0 Å². The highest BCUT2D eigenvalue weighted by Gasteiger charge is 2.60. The topological polar surface area (TPSA) is 41.9 Å². The predicted octanol–water partition coefficient (Wildman–Crippen LogP) is 5.11. The predicted molar refractivity (Wildman–Crippen MR) is 106 cm³/mol. The van der Waals surface area contributed by atoms with E-state index >= 15 is 0 Å². The van der Waals surface area contributed by atoms with E-state index in [1.54, 1.807) is 0 Å². The Balaban J connectivity index is 1.82. The van der Waals surface area contributed by atoms with Gasteiger partial charge in [0, 0.05) is 10.4 Å². The van der Waals surface area contributed by atoms with Gasteiger partial charge in [0.25, 0.3) is 0 Å². The Bertz CT molecular complexity index is 829. The number of fused-ring (bicyclic) bond motifs is 1. The van der Waals surface area contributed by atoms with Crippen LogP contribution in [0.4, 0.5) is 0 Å². The molecule has 1 aliphatic heterocycles. The quantitative estimate of drug-likeness (QED) is 0.692. The van der Waals surface area contributed by atoms with Crippen molar-refractivity contribution in [1.82, 2.24) is 5.01 Å². The van der Waals surface area contributed by atoms with Crippen molar-refractivity contribution in [3.05, 3.63) is 27.0 Å². The first-order valence-electron chi connectivity index (χ1n) is 9.58. The van der Waals surface area contributed by atoms with E-state index < -0.39 is 11.1 Å². The molecule has 5 heteroatoms. The smallest absolute Gasteiger partial charge is 0.334 e. The van der Waals surface area contributed by atoms with Crippen molar-refractivity contribution in [2.75, 3.05) is 0 Å². The zero-order valence-electron chi connectivity index (χ0n) is 16.6. The molecular formula is C21H28N2O2S. The third-order valence-corrected chi connectivity index (χ3v) is 6.11. The van der Waals surface area contributed by atoms with Gasteiger partial charge >= 0.3 is 5.97 Å². The Morgan fingerprint density at radius 1 is 1.31 bits per heavy atom. The van der Waals surface area contributed by atoms with Crippen molar-refractivity contribution >= 4 is 28.7 Å². The molecule has 0 radical (unpaired) electrons. The van der Waals surface area contributed by atoms with Gasteiger partial charge in [-0.15, -0.1) is 11.3 Å². The number of hydrogen-bond acceptors (Lipinski definition) is 5. The lowest BCUT2D eigenvalue weighted by atomic mass is 9.97. The van der Waals surface area contributed by atoms with Crippen molar-refractivity contribution in [2.24, 2.45) is 11.0 Å². The van der Waals surface area contributed by atoms with Gasteiger partial charge in [0.1, 0.15) is 5.60 Å². The molecule has 2 saturated carbocycles. The van der Waals surface area contributed by atoms with Crippen LogP contribution < -0.4 is 0 Å². The second-order valence-corrected chi connectivity index (χ2v) is 10.3. The second kappa shape index (κ2) is 5.69. The van der Waals surface area contributed by atoms with Gasteiger partial charge in [-0.3, -0.25) is 0 Å². The van der Waals surface area contributed by atoms with E-state index in [9.17, 15) is 4.79 Å². The molecule has 0 amide bonds. The molecule has 0 aromatic carbocycles. The normalized spacial score (nSPS) is 20.9. The molecule has 0 atom stereocenters. The van der Waals surface area contributed by atoms with Crippen LogP contribution in [0.15, 0.2) is 16.7 Å². The number of hydrogen-bond donors (Lipinski definition) is 0. The standard InChI is InChI=1S/C21H28N2O2S/c1-12(2)16-15-11-13(3)26-18(15)17(14-7-8-14)23(22-16)21(9-10-21)19(24)25-20(4,5)6/h11-12H,7-10H2,1-6H3. The molecule has 140 valence electrons. The summed E-state index contributed by atoms with van der Waals surface area (Å²) in [5.41, 5.74) is 3.86. The summed E-state index contributed by atoms with van der Waals surface area (Å²) in [6, 6.07) is 2.26. The maximum atomic E-state index is 13.1. The number of rotatable bonds is 3. The van der Waals surface area contributed by atoms with Gasteiger partial charge in [-0.05, 0) is 70.9 Å². The summed E-state index contributed by atoms with van der Waals surface area (Å²) < 4.78 is 5.79. The first-order valence-corrected chi connectivity index (χ1v) is 10.4. The summed E-state index contributed by atoms with van der Waals surface area (Å²) in [4.78, 5) is 15.7. The number of thiophene rings is 1. The van der Waals surface area contributed by atoms with Gasteiger partial charge in [0.15, 0.2) is 5.54 Å².